The fourth-order valence-corrected chi connectivity index (χ4v) is 6.28. The Hall–Kier alpha value is -4.26. The van der Waals surface area contributed by atoms with Crippen molar-refractivity contribution in [2.45, 2.75) is 29.5 Å². The first-order valence-corrected chi connectivity index (χ1v) is 15.3. The standard InChI is InChI=1S/C30H31N3O3S.C2HF3O2/c34-30(32-21-29(23-10-3-1-4-11-23)24-12-5-2-6-13-24)26-17-27(20-31-19-26)33-37(35,36)28-16-15-22-9-7-8-14-25(22)18-28;3-2(4,5)1(6)7/h1-16,18,26-27,29,31,33H,17,19-21H2,(H,32,34);(H,6,7)/t26-,27+;/m0./s1. The third-order valence-corrected chi connectivity index (χ3v) is 8.72. The molecular weight excluding hydrogens is 595 g/mol. The van der Waals surface area contributed by atoms with Gasteiger partial charge in [0.25, 0.3) is 0 Å². The van der Waals surface area contributed by atoms with Crippen molar-refractivity contribution >= 4 is 32.7 Å². The Kier molecular flexibility index (Phi) is 10.7. The first kappa shape index (κ1) is 32.6. The third kappa shape index (κ3) is 8.88. The van der Waals surface area contributed by atoms with Crippen molar-refractivity contribution in [2.24, 2.45) is 5.92 Å². The molecule has 1 amide bonds. The summed E-state index contributed by atoms with van der Waals surface area (Å²) in [6.07, 6.45) is -4.65. The van der Waals surface area contributed by atoms with Crippen molar-refractivity contribution < 1.29 is 36.3 Å². The second kappa shape index (κ2) is 14.5. The topological polar surface area (TPSA) is 125 Å². The van der Waals surface area contributed by atoms with Gasteiger partial charge in [0.15, 0.2) is 0 Å². The van der Waals surface area contributed by atoms with Crippen LogP contribution in [0.4, 0.5) is 13.2 Å². The van der Waals surface area contributed by atoms with Gasteiger partial charge in [-0.05, 0) is 40.5 Å². The molecule has 0 saturated carbocycles. The number of carbonyl (C=O) groups excluding carboxylic acids is 1. The van der Waals surface area contributed by atoms with Gasteiger partial charge in [-0.3, -0.25) is 4.79 Å². The zero-order chi connectivity index (χ0) is 31.7. The summed E-state index contributed by atoms with van der Waals surface area (Å²) in [5.41, 5.74) is 2.27. The van der Waals surface area contributed by atoms with E-state index in [1.54, 1.807) is 12.1 Å². The number of carbonyl (C=O) groups is 2. The minimum atomic E-state index is -5.08. The molecule has 1 aliphatic heterocycles. The molecule has 0 unspecified atom stereocenters. The molecule has 5 rings (SSSR count). The number of benzene rings is 4. The monoisotopic (exact) mass is 627 g/mol. The Morgan fingerprint density at radius 3 is 1.95 bits per heavy atom. The van der Waals surface area contributed by atoms with E-state index in [0.29, 0.717) is 26.1 Å². The molecular formula is C32H32F3N3O5S. The molecule has 8 nitrogen and oxygen atoms in total. The first-order chi connectivity index (χ1) is 20.9. The molecule has 44 heavy (non-hydrogen) atoms. The maximum Gasteiger partial charge on any atom is 0.490 e. The van der Waals surface area contributed by atoms with Crippen LogP contribution in [0.5, 0.6) is 0 Å². The molecule has 2 atom stereocenters. The van der Waals surface area contributed by atoms with Crippen molar-refractivity contribution in [1.29, 1.82) is 0 Å². The zero-order valence-electron chi connectivity index (χ0n) is 23.5. The summed E-state index contributed by atoms with van der Waals surface area (Å²) in [7, 11) is -3.72. The largest absolute Gasteiger partial charge is 0.490 e. The molecule has 4 aromatic carbocycles. The molecule has 4 N–H and O–H groups in total. The van der Waals surface area contributed by atoms with Gasteiger partial charge in [0.05, 0.1) is 10.8 Å². The predicted molar refractivity (Wildman–Crippen MR) is 160 cm³/mol. The molecule has 232 valence electrons. The molecule has 1 saturated heterocycles. The van der Waals surface area contributed by atoms with Gasteiger partial charge in [0.2, 0.25) is 15.9 Å². The number of alkyl halides is 3. The van der Waals surface area contributed by atoms with E-state index in [1.807, 2.05) is 66.7 Å². The Bertz CT molecular complexity index is 1630. The highest BCUT2D eigenvalue weighted by Gasteiger charge is 2.38. The van der Waals surface area contributed by atoms with Crippen LogP contribution in [-0.4, -0.2) is 57.3 Å². The summed E-state index contributed by atoms with van der Waals surface area (Å²) < 4.78 is 60.8. The van der Waals surface area contributed by atoms with Crippen LogP contribution < -0.4 is 15.4 Å². The van der Waals surface area contributed by atoms with Crippen LogP contribution in [0.15, 0.2) is 108 Å². The second-order valence-electron chi connectivity index (χ2n) is 10.3. The summed E-state index contributed by atoms with van der Waals surface area (Å²) in [5, 5.41) is 15.3. The number of nitrogens with one attached hydrogen (secondary N) is 3. The minimum Gasteiger partial charge on any atom is -0.475 e. The summed E-state index contributed by atoms with van der Waals surface area (Å²) in [6, 6.07) is 32.7. The Balaban J connectivity index is 0.000000566. The van der Waals surface area contributed by atoms with Gasteiger partial charge in [-0.25, -0.2) is 17.9 Å². The maximum atomic E-state index is 13.2. The smallest absolute Gasteiger partial charge is 0.475 e. The Morgan fingerprint density at radius 1 is 0.841 bits per heavy atom. The average molecular weight is 628 g/mol. The number of rotatable bonds is 8. The van der Waals surface area contributed by atoms with E-state index < -0.39 is 22.2 Å². The average Bonchev–Trinajstić information content (AvgIpc) is 3.01. The Morgan fingerprint density at radius 2 is 1.39 bits per heavy atom. The highest BCUT2D eigenvalue weighted by atomic mass is 32.2. The third-order valence-electron chi connectivity index (χ3n) is 7.20. The molecule has 4 aromatic rings. The minimum absolute atomic E-state index is 0.0325. The molecule has 1 fully saturated rings. The van der Waals surface area contributed by atoms with Crippen molar-refractivity contribution in [3.8, 4) is 0 Å². The van der Waals surface area contributed by atoms with E-state index in [-0.39, 0.29) is 28.7 Å². The van der Waals surface area contributed by atoms with E-state index in [2.05, 4.69) is 39.6 Å². The van der Waals surface area contributed by atoms with Crippen molar-refractivity contribution in [3.05, 3.63) is 114 Å². The van der Waals surface area contributed by atoms with Crippen LogP contribution in [0, 0.1) is 5.92 Å². The molecule has 0 aromatic heterocycles. The Labute approximate surface area is 253 Å². The van der Waals surface area contributed by atoms with Gasteiger partial charge < -0.3 is 15.7 Å². The van der Waals surface area contributed by atoms with Crippen LogP contribution in [0.25, 0.3) is 10.8 Å². The summed E-state index contributed by atoms with van der Waals surface area (Å²) in [4.78, 5) is 22.3. The van der Waals surface area contributed by atoms with E-state index >= 15 is 0 Å². The number of halogens is 3. The van der Waals surface area contributed by atoms with Gasteiger partial charge in [-0.2, -0.15) is 13.2 Å². The van der Waals surface area contributed by atoms with Crippen molar-refractivity contribution in [3.63, 3.8) is 0 Å². The lowest BCUT2D eigenvalue weighted by Gasteiger charge is -2.30. The molecule has 1 aliphatic rings. The van der Waals surface area contributed by atoms with E-state index in [4.69, 9.17) is 9.90 Å². The number of carboxylic acids is 1. The SMILES string of the molecule is O=C(NCC(c1ccccc1)c1ccccc1)[C@@H]1CNC[C@H](NS(=O)(=O)c2ccc3ccccc3c2)C1.O=C(O)C(F)(F)F. The van der Waals surface area contributed by atoms with E-state index in [0.717, 1.165) is 21.9 Å². The lowest BCUT2D eigenvalue weighted by Crippen LogP contribution is -2.52. The van der Waals surface area contributed by atoms with E-state index in [1.165, 1.54) is 0 Å². The van der Waals surface area contributed by atoms with Crippen LogP contribution in [0.1, 0.15) is 23.5 Å². The number of aliphatic carboxylic acids is 1. The van der Waals surface area contributed by atoms with Crippen LogP contribution in [-0.2, 0) is 19.6 Å². The number of amides is 1. The molecule has 0 spiro atoms. The van der Waals surface area contributed by atoms with Crippen molar-refractivity contribution in [2.75, 3.05) is 19.6 Å². The van der Waals surface area contributed by atoms with Crippen molar-refractivity contribution in [1.82, 2.24) is 15.4 Å². The van der Waals surface area contributed by atoms with E-state index in [9.17, 15) is 26.4 Å². The number of carboxylic acid groups (broad SMARTS) is 1. The van der Waals surface area contributed by atoms with Crippen LogP contribution >= 0.6 is 0 Å². The van der Waals surface area contributed by atoms with Crippen LogP contribution in [0.2, 0.25) is 0 Å². The number of hydrogen-bond donors (Lipinski definition) is 4. The number of sulfonamides is 1. The highest BCUT2D eigenvalue weighted by molar-refractivity contribution is 7.89. The molecule has 0 bridgehead atoms. The molecule has 0 aliphatic carbocycles. The fourth-order valence-electron chi connectivity index (χ4n) is 5.00. The van der Waals surface area contributed by atoms with Gasteiger partial charge >= 0.3 is 12.1 Å². The molecule has 1 heterocycles. The summed E-state index contributed by atoms with van der Waals surface area (Å²) in [5.74, 6) is -3.12. The van der Waals surface area contributed by atoms with Gasteiger partial charge in [0, 0.05) is 31.6 Å². The van der Waals surface area contributed by atoms with Crippen LogP contribution in [0.3, 0.4) is 0 Å². The number of piperidine rings is 1. The number of hydrogen-bond acceptors (Lipinski definition) is 5. The number of fused-ring (bicyclic) bond motifs is 1. The maximum absolute atomic E-state index is 13.2. The van der Waals surface area contributed by atoms with Gasteiger partial charge in [0.1, 0.15) is 0 Å². The lowest BCUT2D eigenvalue weighted by molar-refractivity contribution is -0.192. The highest BCUT2D eigenvalue weighted by Crippen LogP contribution is 2.25. The normalized spacial score (nSPS) is 17.0. The van der Waals surface area contributed by atoms with Gasteiger partial charge in [-0.1, -0.05) is 91.0 Å². The summed E-state index contributed by atoms with van der Waals surface area (Å²) in [6.45, 7) is 1.46. The quantitative estimate of drug-likeness (QED) is 0.225. The molecule has 12 heteroatoms. The zero-order valence-corrected chi connectivity index (χ0v) is 24.3. The van der Waals surface area contributed by atoms with Gasteiger partial charge in [-0.15, -0.1) is 0 Å². The fraction of sp³-hybridized carbons (Fsp3) is 0.250. The molecule has 0 radical (unpaired) electrons. The summed E-state index contributed by atoms with van der Waals surface area (Å²) >= 11 is 0. The second-order valence-corrected chi connectivity index (χ2v) is 12.1. The first-order valence-electron chi connectivity index (χ1n) is 13.8. The lowest BCUT2D eigenvalue weighted by atomic mass is 9.90. The predicted octanol–water partition coefficient (Wildman–Crippen LogP) is 4.68.